The van der Waals surface area contributed by atoms with E-state index in [0.29, 0.717) is 30.6 Å². The molecule has 3 saturated carbocycles. The number of carboxylic acid groups (broad SMARTS) is 1. The van der Waals surface area contributed by atoms with Crippen LogP contribution in [0.4, 0.5) is 9.59 Å². The molecule has 12 nitrogen and oxygen atoms in total. The van der Waals surface area contributed by atoms with Gasteiger partial charge in [0.25, 0.3) is 0 Å². The monoisotopic (exact) mass is 777 g/mol. The quantitative estimate of drug-likeness (QED) is 0.164. The van der Waals surface area contributed by atoms with E-state index in [4.69, 9.17) is 23.9 Å². The zero-order valence-electron chi connectivity index (χ0n) is 35.1. The van der Waals surface area contributed by atoms with Crippen LogP contribution in [0.1, 0.15) is 107 Å². The van der Waals surface area contributed by atoms with Crippen LogP contribution in [0.2, 0.25) is 0 Å². The van der Waals surface area contributed by atoms with Gasteiger partial charge >= 0.3 is 25.3 Å². The summed E-state index contributed by atoms with van der Waals surface area (Å²) in [5.41, 5.74) is 0.377. The Morgan fingerprint density at radius 1 is 0.786 bits per heavy atom. The molecule has 3 amide bonds. The molecule has 308 valence electrons. The van der Waals surface area contributed by atoms with E-state index in [1.165, 1.54) is 6.42 Å². The fourth-order valence-electron chi connectivity index (χ4n) is 8.11. The largest absolute Gasteiger partial charge is 0.481 e. The van der Waals surface area contributed by atoms with Crippen LogP contribution in [0.25, 0.3) is 0 Å². The summed E-state index contributed by atoms with van der Waals surface area (Å²) in [5.74, 6) is -0.251. The number of hydrogen-bond acceptors (Lipinski definition) is 8. The van der Waals surface area contributed by atoms with Crippen molar-refractivity contribution in [2.45, 2.75) is 149 Å². The zero-order chi connectivity index (χ0) is 41.6. The summed E-state index contributed by atoms with van der Waals surface area (Å²) in [5, 5.41) is 17.5. The average Bonchev–Trinajstić information content (AvgIpc) is 3.44. The van der Waals surface area contributed by atoms with Gasteiger partial charge in [-0.05, 0) is 102 Å². The molecule has 2 bridgehead atoms. The Hall–Kier alpha value is -4.10. The van der Waals surface area contributed by atoms with Gasteiger partial charge < -0.3 is 39.8 Å². The Kier molecular flexibility index (Phi) is 14.3. The maximum absolute atomic E-state index is 13.7. The van der Waals surface area contributed by atoms with Gasteiger partial charge in [0.1, 0.15) is 23.3 Å². The third kappa shape index (κ3) is 12.2. The zero-order valence-corrected chi connectivity index (χ0v) is 35.1. The van der Waals surface area contributed by atoms with E-state index in [0.717, 1.165) is 17.5 Å². The van der Waals surface area contributed by atoms with Gasteiger partial charge in [-0.1, -0.05) is 88.4 Å². The Morgan fingerprint density at radius 2 is 1.27 bits per heavy atom. The summed E-state index contributed by atoms with van der Waals surface area (Å²) in [6.45, 7) is 21.7. The molecular weight excluding hydrogens is 713 g/mol. The summed E-state index contributed by atoms with van der Waals surface area (Å²) in [4.78, 5) is 49.0. The molecule has 0 aromatic heterocycles. The molecule has 2 aromatic carbocycles. The summed E-state index contributed by atoms with van der Waals surface area (Å²) in [7, 11) is -0.518. The molecule has 0 unspecified atom stereocenters. The molecule has 6 rings (SSSR count). The van der Waals surface area contributed by atoms with Crippen molar-refractivity contribution >= 4 is 31.2 Å². The van der Waals surface area contributed by atoms with Gasteiger partial charge in [0.05, 0.1) is 17.6 Å². The topological polar surface area (TPSA) is 162 Å². The molecule has 4 aliphatic rings. The number of alkyl carbamates (subject to hydrolysis) is 2. The standard InChI is InChI=1S/C29H45BN2O5.C14H19NO4/c1-18(2)14-24(30-36-23-17-20-16-22(28(20,6)7)29(23,8)37-30)32-25(33)21(15-19-12-10-9-11-13-19)31-26(34)35-27(3,4)5;1-14(2,3)19-13(18)15-11(12(16)17)9-10-7-5-4-6-8-10/h9-13,18,20-24H,14-17H2,1-8H3,(H,31,34)(H,32,33);4-8,11H,9H2,1-3H3,(H,15,18)(H,16,17)/t20-,21-,22-,23+,24-,29-;11-/m00/s1. The van der Waals surface area contributed by atoms with Crippen LogP contribution in [0.5, 0.6) is 0 Å². The third-order valence-electron chi connectivity index (χ3n) is 10.9. The molecule has 4 N–H and O–H groups in total. The second-order valence-corrected chi connectivity index (χ2v) is 18.7. The van der Waals surface area contributed by atoms with Crippen LogP contribution >= 0.6 is 0 Å². The minimum atomic E-state index is -1.09. The van der Waals surface area contributed by atoms with Gasteiger partial charge in [0.2, 0.25) is 5.91 Å². The first kappa shape index (κ1) is 44.6. The highest BCUT2D eigenvalue weighted by Crippen LogP contribution is 2.65. The number of nitrogens with one attached hydrogen (secondary N) is 3. The summed E-state index contributed by atoms with van der Waals surface area (Å²) in [6, 6.07) is 17.0. The van der Waals surface area contributed by atoms with Gasteiger partial charge in [0.15, 0.2) is 0 Å². The number of hydrogen-bond donors (Lipinski definition) is 4. The van der Waals surface area contributed by atoms with Crippen LogP contribution in [-0.4, -0.2) is 77.2 Å². The third-order valence-corrected chi connectivity index (χ3v) is 10.9. The van der Waals surface area contributed by atoms with Gasteiger partial charge in [-0.3, -0.25) is 4.79 Å². The lowest BCUT2D eigenvalue weighted by atomic mass is 9.43. The van der Waals surface area contributed by atoms with Crippen LogP contribution in [0.3, 0.4) is 0 Å². The highest BCUT2D eigenvalue weighted by atomic mass is 16.7. The molecule has 1 heterocycles. The Bertz CT molecular complexity index is 1640. The minimum Gasteiger partial charge on any atom is -0.480 e. The first-order valence-corrected chi connectivity index (χ1v) is 19.9. The van der Waals surface area contributed by atoms with E-state index in [1.54, 1.807) is 41.5 Å². The fourth-order valence-corrected chi connectivity index (χ4v) is 8.11. The number of amides is 3. The number of aliphatic carboxylic acids is 1. The lowest BCUT2D eigenvalue weighted by molar-refractivity contribution is -0.199. The number of rotatable bonds is 12. The number of carbonyl (C=O) groups is 4. The van der Waals surface area contributed by atoms with Crippen molar-refractivity contribution in [1.82, 2.24) is 16.0 Å². The molecular formula is C43H64BN3O9. The van der Waals surface area contributed by atoms with E-state index in [1.807, 2.05) is 60.7 Å². The summed E-state index contributed by atoms with van der Waals surface area (Å²) < 4.78 is 23.7. The minimum absolute atomic E-state index is 0.0424. The molecule has 2 aromatic rings. The molecule has 13 heteroatoms. The molecule has 56 heavy (non-hydrogen) atoms. The molecule has 0 radical (unpaired) electrons. The number of ether oxygens (including phenoxy) is 2. The Balaban J connectivity index is 0.000000309. The average molecular weight is 778 g/mol. The molecule has 0 spiro atoms. The predicted molar refractivity (Wildman–Crippen MR) is 216 cm³/mol. The SMILES string of the molecule is CC(C)(C)OC(=O)N[C@@H](Cc1ccccc1)C(=O)O.CC(C)C[C@H](NC(=O)[C@H](Cc1ccccc1)NC(=O)OC(C)(C)C)B1O[C@@H]2C[C@@H]3C[C@@H](C3(C)C)[C@]2(C)O1. The van der Waals surface area contributed by atoms with Crippen LogP contribution in [-0.2, 0) is 41.2 Å². The number of carboxylic acids is 1. The second kappa shape index (κ2) is 18.0. The van der Waals surface area contributed by atoms with Crippen molar-refractivity contribution in [1.29, 1.82) is 0 Å². The Morgan fingerprint density at radius 3 is 1.71 bits per heavy atom. The first-order chi connectivity index (χ1) is 26.0. The lowest BCUT2D eigenvalue weighted by Crippen LogP contribution is -2.65. The normalized spacial score (nSPS) is 23.9. The van der Waals surface area contributed by atoms with Gasteiger partial charge in [0, 0.05) is 12.8 Å². The highest BCUT2D eigenvalue weighted by molar-refractivity contribution is 6.48. The van der Waals surface area contributed by atoms with Crippen molar-refractivity contribution in [3.63, 3.8) is 0 Å². The lowest BCUT2D eigenvalue weighted by Gasteiger charge is -2.64. The number of carbonyl (C=O) groups excluding carboxylic acids is 3. The van der Waals surface area contributed by atoms with Crippen LogP contribution in [0.15, 0.2) is 60.7 Å². The van der Waals surface area contributed by atoms with Crippen LogP contribution in [0, 0.1) is 23.2 Å². The summed E-state index contributed by atoms with van der Waals surface area (Å²) >= 11 is 0. The van der Waals surface area contributed by atoms with Gasteiger partial charge in [-0.15, -0.1) is 0 Å². The van der Waals surface area contributed by atoms with E-state index in [9.17, 15) is 19.2 Å². The van der Waals surface area contributed by atoms with Crippen molar-refractivity contribution < 1.29 is 43.1 Å². The fraction of sp³-hybridized carbons (Fsp3) is 0.628. The molecule has 4 fully saturated rings. The number of benzene rings is 2. The van der Waals surface area contributed by atoms with E-state index >= 15 is 0 Å². The maximum atomic E-state index is 13.7. The van der Waals surface area contributed by atoms with E-state index in [-0.39, 0.29) is 35.4 Å². The highest BCUT2D eigenvalue weighted by Gasteiger charge is 2.68. The van der Waals surface area contributed by atoms with Gasteiger partial charge in [-0.2, -0.15) is 0 Å². The van der Waals surface area contributed by atoms with Crippen molar-refractivity contribution in [2.75, 3.05) is 0 Å². The molecule has 1 saturated heterocycles. The van der Waals surface area contributed by atoms with E-state index in [2.05, 4.69) is 50.6 Å². The molecule has 3 aliphatic carbocycles. The maximum Gasteiger partial charge on any atom is 0.481 e. The van der Waals surface area contributed by atoms with E-state index < -0.39 is 48.6 Å². The van der Waals surface area contributed by atoms with Crippen LogP contribution < -0.4 is 16.0 Å². The first-order valence-electron chi connectivity index (χ1n) is 19.9. The Labute approximate surface area is 333 Å². The smallest absolute Gasteiger partial charge is 0.480 e. The van der Waals surface area contributed by atoms with Crippen molar-refractivity contribution in [2.24, 2.45) is 23.2 Å². The molecule has 7 atom stereocenters. The van der Waals surface area contributed by atoms with Crippen molar-refractivity contribution in [3.8, 4) is 0 Å². The molecule has 1 aliphatic heterocycles. The predicted octanol–water partition coefficient (Wildman–Crippen LogP) is 7.13. The van der Waals surface area contributed by atoms with Gasteiger partial charge in [-0.25, -0.2) is 14.4 Å². The summed E-state index contributed by atoms with van der Waals surface area (Å²) in [6.07, 6.45) is 2.16. The second-order valence-electron chi connectivity index (χ2n) is 18.7. The van der Waals surface area contributed by atoms with Crippen molar-refractivity contribution in [3.05, 3.63) is 71.8 Å².